The summed E-state index contributed by atoms with van der Waals surface area (Å²) in [5, 5.41) is 8.56. The van der Waals surface area contributed by atoms with Crippen molar-refractivity contribution in [1.82, 2.24) is 4.98 Å². The number of halogens is 1. The van der Waals surface area contributed by atoms with Crippen molar-refractivity contribution < 1.29 is 13.9 Å². The summed E-state index contributed by atoms with van der Waals surface area (Å²) in [5.74, 6) is 0.462. The fourth-order valence-electron chi connectivity index (χ4n) is 2.94. The number of nitrogens with zero attached hydrogens (tertiary/aromatic N) is 2. The van der Waals surface area contributed by atoms with E-state index in [1.807, 2.05) is 6.07 Å². The van der Waals surface area contributed by atoms with Gasteiger partial charge in [0.25, 0.3) is 0 Å². The van der Waals surface area contributed by atoms with E-state index in [2.05, 4.69) is 9.88 Å². The number of hydrogen-bond donors (Lipinski definition) is 2. The SMILES string of the molecule is N=C(c1ccnc(N2CCOCC2)c1)c1cc(OC2CC2)c(F)cc1N. The summed E-state index contributed by atoms with van der Waals surface area (Å²) in [6.45, 7) is 2.86. The van der Waals surface area contributed by atoms with Crippen LogP contribution in [0.4, 0.5) is 15.9 Å². The molecule has 1 aliphatic heterocycles. The van der Waals surface area contributed by atoms with Gasteiger partial charge in [-0.3, -0.25) is 5.41 Å². The van der Waals surface area contributed by atoms with Gasteiger partial charge in [-0.25, -0.2) is 9.37 Å². The van der Waals surface area contributed by atoms with Crippen molar-refractivity contribution in [2.24, 2.45) is 0 Å². The zero-order valence-electron chi connectivity index (χ0n) is 14.4. The van der Waals surface area contributed by atoms with E-state index in [1.54, 1.807) is 12.3 Å². The lowest BCUT2D eigenvalue weighted by Gasteiger charge is -2.28. The van der Waals surface area contributed by atoms with E-state index < -0.39 is 5.82 Å². The van der Waals surface area contributed by atoms with Crippen molar-refractivity contribution in [2.45, 2.75) is 18.9 Å². The molecule has 7 heteroatoms. The molecular weight excluding hydrogens is 335 g/mol. The average Bonchev–Trinajstić information content (AvgIpc) is 3.48. The van der Waals surface area contributed by atoms with Crippen LogP contribution >= 0.6 is 0 Å². The van der Waals surface area contributed by atoms with Crippen molar-refractivity contribution in [1.29, 1.82) is 5.41 Å². The van der Waals surface area contributed by atoms with Gasteiger partial charge in [-0.05, 0) is 31.0 Å². The van der Waals surface area contributed by atoms with E-state index in [0.29, 0.717) is 24.3 Å². The Morgan fingerprint density at radius 3 is 2.77 bits per heavy atom. The molecule has 0 unspecified atom stereocenters. The van der Waals surface area contributed by atoms with E-state index in [4.69, 9.17) is 20.6 Å². The molecule has 1 aliphatic carbocycles. The van der Waals surface area contributed by atoms with Crippen LogP contribution in [0, 0.1) is 11.2 Å². The maximum atomic E-state index is 14.1. The molecule has 2 fully saturated rings. The molecular formula is C19H21FN4O2. The quantitative estimate of drug-likeness (QED) is 0.635. The molecule has 136 valence electrons. The fourth-order valence-corrected chi connectivity index (χ4v) is 2.94. The van der Waals surface area contributed by atoms with Crippen molar-refractivity contribution in [3.8, 4) is 5.75 Å². The van der Waals surface area contributed by atoms with Gasteiger partial charge in [0.05, 0.1) is 25.0 Å². The Hall–Kier alpha value is -2.67. The first-order valence-electron chi connectivity index (χ1n) is 8.75. The minimum Gasteiger partial charge on any atom is -0.487 e. The Kier molecular flexibility index (Phi) is 4.46. The highest BCUT2D eigenvalue weighted by molar-refractivity contribution is 6.14. The van der Waals surface area contributed by atoms with Crippen molar-refractivity contribution >= 4 is 17.2 Å². The molecule has 0 atom stereocenters. The van der Waals surface area contributed by atoms with Crippen LogP contribution in [0.1, 0.15) is 24.0 Å². The van der Waals surface area contributed by atoms with Crippen molar-refractivity contribution in [2.75, 3.05) is 36.9 Å². The minimum absolute atomic E-state index is 0.0732. The second-order valence-electron chi connectivity index (χ2n) is 6.56. The van der Waals surface area contributed by atoms with Gasteiger partial charge < -0.3 is 20.1 Å². The van der Waals surface area contributed by atoms with Crippen LogP contribution in [0.3, 0.4) is 0 Å². The fraction of sp³-hybridized carbons (Fsp3) is 0.368. The number of ether oxygens (including phenoxy) is 2. The number of hydrogen-bond acceptors (Lipinski definition) is 6. The third-order valence-corrected chi connectivity index (χ3v) is 4.56. The summed E-state index contributed by atoms with van der Waals surface area (Å²) < 4.78 is 25.0. The molecule has 1 aromatic carbocycles. The zero-order valence-corrected chi connectivity index (χ0v) is 14.4. The highest BCUT2D eigenvalue weighted by Crippen LogP contribution is 2.32. The first kappa shape index (κ1) is 16.8. The maximum Gasteiger partial charge on any atom is 0.167 e. The predicted molar refractivity (Wildman–Crippen MR) is 97.7 cm³/mol. The molecule has 2 aromatic rings. The molecule has 0 spiro atoms. The van der Waals surface area contributed by atoms with Gasteiger partial charge in [-0.15, -0.1) is 0 Å². The molecule has 1 saturated carbocycles. The maximum absolute atomic E-state index is 14.1. The number of aromatic nitrogens is 1. The van der Waals surface area contributed by atoms with Crippen molar-refractivity contribution in [3.63, 3.8) is 0 Å². The van der Waals surface area contributed by atoms with Crippen LogP contribution in [0.2, 0.25) is 0 Å². The molecule has 6 nitrogen and oxygen atoms in total. The van der Waals surface area contributed by atoms with Gasteiger partial charge in [0.2, 0.25) is 0 Å². The van der Waals surface area contributed by atoms with Gasteiger partial charge in [-0.2, -0.15) is 0 Å². The summed E-state index contributed by atoms with van der Waals surface area (Å²) in [4.78, 5) is 6.52. The Labute approximate surface area is 151 Å². The van der Waals surface area contributed by atoms with E-state index in [-0.39, 0.29) is 23.3 Å². The lowest BCUT2D eigenvalue weighted by molar-refractivity contribution is 0.122. The number of nitrogens with two attached hydrogens (primary N) is 1. The zero-order chi connectivity index (χ0) is 18.1. The van der Waals surface area contributed by atoms with Crippen LogP contribution in [0.5, 0.6) is 5.75 Å². The van der Waals surface area contributed by atoms with E-state index >= 15 is 0 Å². The third kappa shape index (κ3) is 3.48. The van der Waals surface area contributed by atoms with Crippen LogP contribution in [-0.2, 0) is 4.74 Å². The molecule has 0 radical (unpaired) electrons. The molecule has 2 aliphatic rings. The van der Waals surface area contributed by atoms with Gasteiger partial charge in [0.15, 0.2) is 11.6 Å². The predicted octanol–water partition coefficient (Wildman–Crippen LogP) is 2.60. The highest BCUT2D eigenvalue weighted by atomic mass is 19.1. The summed E-state index contributed by atoms with van der Waals surface area (Å²) >= 11 is 0. The number of nitrogen functional groups attached to an aromatic ring is 1. The third-order valence-electron chi connectivity index (χ3n) is 4.56. The number of nitrogens with one attached hydrogen (secondary N) is 1. The molecule has 0 amide bonds. The number of rotatable bonds is 5. The largest absolute Gasteiger partial charge is 0.487 e. The number of anilines is 2. The molecule has 1 aromatic heterocycles. The summed E-state index contributed by atoms with van der Waals surface area (Å²) in [6.07, 6.45) is 3.62. The van der Waals surface area contributed by atoms with E-state index in [1.165, 1.54) is 12.1 Å². The second-order valence-corrected chi connectivity index (χ2v) is 6.56. The Balaban J connectivity index is 1.62. The van der Waals surface area contributed by atoms with Crippen LogP contribution < -0.4 is 15.4 Å². The number of morpholine rings is 1. The Morgan fingerprint density at radius 2 is 2.04 bits per heavy atom. The van der Waals surface area contributed by atoms with Gasteiger partial charge in [0.1, 0.15) is 5.82 Å². The molecule has 1 saturated heterocycles. The highest BCUT2D eigenvalue weighted by Gasteiger charge is 2.26. The molecule has 3 N–H and O–H groups in total. The van der Waals surface area contributed by atoms with Gasteiger partial charge in [0, 0.05) is 42.2 Å². The molecule has 2 heterocycles. The molecule has 0 bridgehead atoms. The van der Waals surface area contributed by atoms with E-state index in [0.717, 1.165) is 31.7 Å². The van der Waals surface area contributed by atoms with Crippen LogP contribution in [-0.4, -0.2) is 43.1 Å². The summed E-state index contributed by atoms with van der Waals surface area (Å²) in [6, 6.07) is 6.38. The lowest BCUT2D eigenvalue weighted by Crippen LogP contribution is -2.36. The number of benzene rings is 1. The Bertz CT molecular complexity index is 832. The first-order chi connectivity index (χ1) is 12.6. The number of pyridine rings is 1. The van der Waals surface area contributed by atoms with Gasteiger partial charge >= 0.3 is 0 Å². The van der Waals surface area contributed by atoms with E-state index in [9.17, 15) is 4.39 Å². The first-order valence-corrected chi connectivity index (χ1v) is 8.75. The average molecular weight is 356 g/mol. The minimum atomic E-state index is -0.491. The molecule has 26 heavy (non-hydrogen) atoms. The Morgan fingerprint density at radius 1 is 1.27 bits per heavy atom. The monoisotopic (exact) mass is 356 g/mol. The van der Waals surface area contributed by atoms with Crippen LogP contribution in [0.15, 0.2) is 30.5 Å². The normalized spacial score (nSPS) is 17.2. The van der Waals surface area contributed by atoms with Crippen molar-refractivity contribution in [3.05, 3.63) is 47.4 Å². The lowest BCUT2D eigenvalue weighted by atomic mass is 10.0. The second kappa shape index (κ2) is 6.92. The van der Waals surface area contributed by atoms with Gasteiger partial charge in [-0.1, -0.05) is 0 Å². The standard InChI is InChI=1S/C19H21FN4O2/c20-15-11-16(21)14(10-17(15)26-13-1-2-13)19(22)12-3-4-23-18(9-12)24-5-7-25-8-6-24/h3-4,9-11,13,22H,1-2,5-8,21H2. The smallest absolute Gasteiger partial charge is 0.167 e. The topological polar surface area (TPSA) is 84.5 Å². The van der Waals surface area contributed by atoms with Crippen LogP contribution in [0.25, 0.3) is 0 Å². The summed E-state index contributed by atoms with van der Waals surface area (Å²) in [7, 11) is 0. The summed E-state index contributed by atoms with van der Waals surface area (Å²) in [5.41, 5.74) is 7.56. The molecule has 4 rings (SSSR count).